The van der Waals surface area contributed by atoms with E-state index >= 15 is 0 Å². The zero-order valence-corrected chi connectivity index (χ0v) is 13.8. The lowest BCUT2D eigenvalue weighted by atomic mass is 10.0. The first-order chi connectivity index (χ1) is 10.6. The van der Waals surface area contributed by atoms with E-state index in [1.807, 2.05) is 4.90 Å². The molecule has 0 atom stereocenters. The van der Waals surface area contributed by atoms with Crippen molar-refractivity contribution in [2.45, 2.75) is 25.3 Å². The number of rotatable bonds is 2. The number of carbonyl (C=O) groups excluding carboxylic acids is 2. The molecule has 0 saturated carbocycles. The Balaban J connectivity index is 1.59. The van der Waals surface area contributed by atoms with Gasteiger partial charge in [0, 0.05) is 25.7 Å². The largest absolute Gasteiger partial charge is 0.449 e. The van der Waals surface area contributed by atoms with E-state index in [4.69, 9.17) is 4.74 Å². The van der Waals surface area contributed by atoms with Gasteiger partial charge in [-0.25, -0.2) is 9.78 Å². The molecule has 0 aliphatic carbocycles. The van der Waals surface area contributed by atoms with Gasteiger partial charge in [-0.15, -0.1) is 0 Å². The monoisotopic (exact) mass is 367 g/mol. The zero-order valence-electron chi connectivity index (χ0n) is 12.2. The molecular formula is C15H18BrN3O3. The Kier molecular flexibility index (Phi) is 4.61. The summed E-state index contributed by atoms with van der Waals surface area (Å²) in [7, 11) is 0. The average molecular weight is 368 g/mol. The number of likely N-dealkylation sites (tertiary alicyclic amines) is 1. The molecule has 2 fully saturated rings. The fourth-order valence-corrected chi connectivity index (χ4v) is 3.31. The molecule has 1 aromatic heterocycles. The van der Waals surface area contributed by atoms with Crippen LogP contribution in [0.2, 0.25) is 0 Å². The van der Waals surface area contributed by atoms with Crippen LogP contribution < -0.4 is 0 Å². The molecule has 2 aliphatic rings. The van der Waals surface area contributed by atoms with Crippen LogP contribution in [0, 0.1) is 0 Å². The Labute approximate surface area is 137 Å². The molecule has 7 heteroatoms. The van der Waals surface area contributed by atoms with Gasteiger partial charge in [-0.3, -0.25) is 4.79 Å². The molecule has 0 spiro atoms. The summed E-state index contributed by atoms with van der Waals surface area (Å²) in [5, 5.41) is 0. The maximum atomic E-state index is 12.4. The van der Waals surface area contributed by atoms with Gasteiger partial charge in [0.1, 0.15) is 10.3 Å². The number of ether oxygens (including phenoxy) is 1. The van der Waals surface area contributed by atoms with E-state index in [0.29, 0.717) is 30.0 Å². The van der Waals surface area contributed by atoms with E-state index in [-0.39, 0.29) is 18.0 Å². The van der Waals surface area contributed by atoms with Crippen molar-refractivity contribution in [2.24, 2.45) is 0 Å². The zero-order chi connectivity index (χ0) is 15.5. The Hall–Kier alpha value is -1.63. The highest BCUT2D eigenvalue weighted by Gasteiger charge is 2.32. The number of halogens is 1. The standard InChI is InChI=1S/C15H18BrN3O3/c16-13-4-1-3-12(17-13)14(20)18-8-5-11(6-9-18)19-7-2-10-22-15(19)21/h1,3-4,11H,2,5-10H2. The van der Waals surface area contributed by atoms with E-state index in [0.717, 1.165) is 25.8 Å². The van der Waals surface area contributed by atoms with E-state index < -0.39 is 0 Å². The van der Waals surface area contributed by atoms with Crippen molar-refractivity contribution >= 4 is 27.9 Å². The number of amides is 2. The quantitative estimate of drug-likeness (QED) is 0.752. The summed E-state index contributed by atoms with van der Waals surface area (Å²) < 4.78 is 5.75. The molecule has 1 aromatic rings. The SMILES string of the molecule is O=C(c1cccc(Br)n1)N1CCC(N2CCCOC2=O)CC1. The number of cyclic esters (lactones) is 1. The van der Waals surface area contributed by atoms with Gasteiger partial charge in [0.15, 0.2) is 0 Å². The average Bonchev–Trinajstić information content (AvgIpc) is 2.55. The Bertz CT molecular complexity index is 573. The molecule has 2 saturated heterocycles. The van der Waals surface area contributed by atoms with Crippen LogP contribution in [0.5, 0.6) is 0 Å². The molecule has 0 N–H and O–H groups in total. The number of pyridine rings is 1. The summed E-state index contributed by atoms with van der Waals surface area (Å²) >= 11 is 3.28. The number of piperidine rings is 1. The van der Waals surface area contributed by atoms with Crippen LogP contribution >= 0.6 is 15.9 Å². The second-order valence-corrected chi connectivity index (χ2v) is 6.34. The van der Waals surface area contributed by atoms with Crippen LogP contribution in [0.25, 0.3) is 0 Å². The van der Waals surface area contributed by atoms with E-state index in [9.17, 15) is 9.59 Å². The maximum Gasteiger partial charge on any atom is 0.410 e. The van der Waals surface area contributed by atoms with Gasteiger partial charge in [-0.05, 0) is 47.3 Å². The van der Waals surface area contributed by atoms with E-state index in [1.54, 1.807) is 23.1 Å². The third-order valence-corrected chi connectivity index (χ3v) is 4.57. The molecule has 0 aromatic carbocycles. The van der Waals surface area contributed by atoms with Crippen molar-refractivity contribution in [1.29, 1.82) is 0 Å². The molecule has 0 unspecified atom stereocenters. The van der Waals surface area contributed by atoms with Crippen LogP contribution in [0.4, 0.5) is 4.79 Å². The van der Waals surface area contributed by atoms with Crippen molar-refractivity contribution in [3.63, 3.8) is 0 Å². The van der Waals surface area contributed by atoms with Crippen molar-refractivity contribution in [3.05, 3.63) is 28.5 Å². The summed E-state index contributed by atoms with van der Waals surface area (Å²) in [4.78, 5) is 32.0. The van der Waals surface area contributed by atoms with Crippen LogP contribution in [-0.2, 0) is 4.74 Å². The molecule has 0 bridgehead atoms. The molecule has 3 rings (SSSR count). The normalized spacial score (nSPS) is 20.0. The first kappa shape index (κ1) is 15.3. The topological polar surface area (TPSA) is 62.7 Å². The van der Waals surface area contributed by atoms with Crippen molar-refractivity contribution in [1.82, 2.24) is 14.8 Å². The summed E-state index contributed by atoms with van der Waals surface area (Å²) in [6, 6.07) is 5.50. The van der Waals surface area contributed by atoms with Crippen LogP contribution in [0.15, 0.2) is 22.8 Å². The summed E-state index contributed by atoms with van der Waals surface area (Å²) in [5.74, 6) is -0.0547. The predicted octanol–water partition coefficient (Wildman–Crippen LogP) is 2.29. The highest BCUT2D eigenvalue weighted by Crippen LogP contribution is 2.21. The molecule has 118 valence electrons. The third-order valence-electron chi connectivity index (χ3n) is 4.13. The highest BCUT2D eigenvalue weighted by atomic mass is 79.9. The molecular weight excluding hydrogens is 350 g/mol. The van der Waals surface area contributed by atoms with E-state index in [1.165, 1.54) is 0 Å². The predicted molar refractivity (Wildman–Crippen MR) is 83.5 cm³/mol. The first-order valence-corrected chi connectivity index (χ1v) is 8.29. The van der Waals surface area contributed by atoms with Gasteiger partial charge >= 0.3 is 6.09 Å². The lowest BCUT2D eigenvalue weighted by Crippen LogP contribution is -2.51. The lowest BCUT2D eigenvalue weighted by molar-refractivity contribution is 0.0355. The van der Waals surface area contributed by atoms with Crippen molar-refractivity contribution < 1.29 is 14.3 Å². The van der Waals surface area contributed by atoms with Gasteiger partial charge in [0.2, 0.25) is 0 Å². The van der Waals surface area contributed by atoms with E-state index in [2.05, 4.69) is 20.9 Å². The van der Waals surface area contributed by atoms with Gasteiger partial charge in [0.25, 0.3) is 5.91 Å². The second kappa shape index (κ2) is 6.64. The molecule has 6 nitrogen and oxygen atoms in total. The summed E-state index contributed by atoms with van der Waals surface area (Å²) in [5.41, 5.74) is 0.449. The van der Waals surface area contributed by atoms with Crippen LogP contribution in [0.1, 0.15) is 29.8 Å². The second-order valence-electron chi connectivity index (χ2n) is 5.53. The molecule has 2 aliphatic heterocycles. The smallest absolute Gasteiger partial charge is 0.410 e. The van der Waals surface area contributed by atoms with Gasteiger partial charge < -0.3 is 14.5 Å². The first-order valence-electron chi connectivity index (χ1n) is 7.50. The highest BCUT2D eigenvalue weighted by molar-refractivity contribution is 9.10. The van der Waals surface area contributed by atoms with Gasteiger partial charge in [-0.1, -0.05) is 6.07 Å². The number of hydrogen-bond donors (Lipinski definition) is 0. The Morgan fingerprint density at radius 1 is 1.27 bits per heavy atom. The number of hydrogen-bond acceptors (Lipinski definition) is 4. The number of aromatic nitrogens is 1. The van der Waals surface area contributed by atoms with Crippen molar-refractivity contribution in [2.75, 3.05) is 26.2 Å². The summed E-state index contributed by atoms with van der Waals surface area (Å²) in [6.07, 6.45) is 2.24. The maximum absolute atomic E-state index is 12.4. The number of nitrogens with zero attached hydrogens (tertiary/aromatic N) is 3. The van der Waals surface area contributed by atoms with Gasteiger partial charge in [-0.2, -0.15) is 0 Å². The minimum atomic E-state index is -0.218. The molecule has 2 amide bonds. The lowest BCUT2D eigenvalue weighted by Gasteiger charge is -2.39. The van der Waals surface area contributed by atoms with Crippen LogP contribution in [0.3, 0.4) is 0 Å². The van der Waals surface area contributed by atoms with Crippen molar-refractivity contribution in [3.8, 4) is 0 Å². The minimum absolute atomic E-state index is 0.0547. The number of carbonyl (C=O) groups is 2. The molecule has 0 radical (unpaired) electrons. The molecule has 22 heavy (non-hydrogen) atoms. The van der Waals surface area contributed by atoms with Gasteiger partial charge in [0.05, 0.1) is 6.61 Å². The fourth-order valence-electron chi connectivity index (χ4n) is 2.97. The Morgan fingerprint density at radius 2 is 2.05 bits per heavy atom. The Morgan fingerprint density at radius 3 is 2.73 bits per heavy atom. The third kappa shape index (κ3) is 3.24. The minimum Gasteiger partial charge on any atom is -0.449 e. The fraction of sp³-hybridized carbons (Fsp3) is 0.533. The van der Waals surface area contributed by atoms with Crippen LogP contribution in [-0.4, -0.2) is 59.1 Å². The molecule has 3 heterocycles. The summed E-state index contributed by atoms with van der Waals surface area (Å²) in [6.45, 7) is 2.55.